The summed E-state index contributed by atoms with van der Waals surface area (Å²) < 4.78 is 9.60. The third-order valence-electron chi connectivity index (χ3n) is 6.27. The smallest absolute Gasteiger partial charge is 0.328 e. The molecule has 4 amide bonds. The van der Waals surface area contributed by atoms with Gasteiger partial charge >= 0.3 is 24.0 Å². The number of amides is 4. The molecule has 0 aromatic rings. The standard InChI is InChI=1S/C22H41N5O6/c1-7-15(3)17(19(28)32-5)24-21(30)23-9-10-26-11-13-27(14-12-26)22(31)25-18(16(4)8-2)20(29)33-6/h15-18H,7-14H2,1-6H3,(H,25,31)(H2,23,24,30)/t15-,16+,17+,18+/m1/s1. The molecule has 1 aliphatic heterocycles. The number of urea groups is 2. The highest BCUT2D eigenvalue weighted by Crippen LogP contribution is 2.11. The van der Waals surface area contributed by atoms with Gasteiger partial charge in [0.15, 0.2) is 0 Å². The number of ether oxygens (including phenoxy) is 2. The summed E-state index contributed by atoms with van der Waals surface area (Å²) >= 11 is 0. The first-order valence-corrected chi connectivity index (χ1v) is 11.7. The molecule has 0 aromatic carbocycles. The fraction of sp³-hybridized carbons (Fsp3) is 0.818. The number of carbonyl (C=O) groups excluding carboxylic acids is 4. The van der Waals surface area contributed by atoms with E-state index in [2.05, 4.69) is 20.9 Å². The monoisotopic (exact) mass is 471 g/mol. The second kappa shape index (κ2) is 14.6. The minimum Gasteiger partial charge on any atom is -0.467 e. The zero-order valence-corrected chi connectivity index (χ0v) is 20.8. The maximum atomic E-state index is 12.6. The molecule has 1 fully saturated rings. The predicted molar refractivity (Wildman–Crippen MR) is 124 cm³/mol. The quantitative estimate of drug-likeness (QED) is 0.380. The van der Waals surface area contributed by atoms with Gasteiger partial charge in [-0.1, -0.05) is 40.5 Å². The molecule has 1 saturated heterocycles. The van der Waals surface area contributed by atoms with E-state index in [0.717, 1.165) is 12.8 Å². The second-order valence-corrected chi connectivity index (χ2v) is 8.45. The second-order valence-electron chi connectivity index (χ2n) is 8.45. The minimum atomic E-state index is -0.689. The molecule has 0 aliphatic carbocycles. The Morgan fingerprint density at radius 2 is 1.30 bits per heavy atom. The number of hydrogen-bond donors (Lipinski definition) is 3. The molecule has 3 N–H and O–H groups in total. The van der Waals surface area contributed by atoms with Gasteiger partial charge in [0.1, 0.15) is 12.1 Å². The molecule has 190 valence electrons. The van der Waals surface area contributed by atoms with Gasteiger partial charge in [-0.2, -0.15) is 0 Å². The van der Waals surface area contributed by atoms with E-state index in [4.69, 9.17) is 9.47 Å². The van der Waals surface area contributed by atoms with Gasteiger partial charge < -0.3 is 30.3 Å². The zero-order chi connectivity index (χ0) is 25.0. The van der Waals surface area contributed by atoms with Crippen LogP contribution in [0.4, 0.5) is 9.59 Å². The van der Waals surface area contributed by atoms with E-state index in [1.54, 1.807) is 4.90 Å². The Labute approximate surface area is 196 Å². The molecule has 11 heteroatoms. The Morgan fingerprint density at radius 1 is 0.818 bits per heavy atom. The van der Waals surface area contributed by atoms with Crippen LogP contribution < -0.4 is 16.0 Å². The first-order valence-electron chi connectivity index (χ1n) is 11.7. The molecule has 0 bridgehead atoms. The molecule has 0 saturated carbocycles. The molecule has 1 rings (SSSR count). The minimum absolute atomic E-state index is 0.0287. The van der Waals surface area contributed by atoms with Crippen molar-refractivity contribution in [1.82, 2.24) is 25.8 Å². The average molecular weight is 472 g/mol. The van der Waals surface area contributed by atoms with Crippen molar-refractivity contribution in [2.24, 2.45) is 11.8 Å². The van der Waals surface area contributed by atoms with Crippen LogP contribution in [0.3, 0.4) is 0 Å². The van der Waals surface area contributed by atoms with Crippen molar-refractivity contribution < 1.29 is 28.7 Å². The first-order chi connectivity index (χ1) is 15.7. The van der Waals surface area contributed by atoms with Crippen molar-refractivity contribution in [3.63, 3.8) is 0 Å². The summed E-state index contributed by atoms with van der Waals surface area (Å²) in [5.74, 6) is -0.972. The lowest BCUT2D eigenvalue weighted by atomic mass is 9.99. The van der Waals surface area contributed by atoms with Crippen LogP contribution in [0.1, 0.15) is 40.5 Å². The number of nitrogens with zero attached hydrogens (tertiary/aromatic N) is 2. The van der Waals surface area contributed by atoms with Crippen molar-refractivity contribution in [3.8, 4) is 0 Å². The Kier molecular flexibility index (Phi) is 12.6. The summed E-state index contributed by atoms with van der Waals surface area (Å²) in [5.41, 5.74) is 0. The lowest BCUT2D eigenvalue weighted by Crippen LogP contribution is -2.56. The highest BCUT2D eigenvalue weighted by atomic mass is 16.5. The topological polar surface area (TPSA) is 129 Å². The van der Waals surface area contributed by atoms with Crippen molar-refractivity contribution in [2.75, 3.05) is 53.5 Å². The van der Waals surface area contributed by atoms with Crippen LogP contribution in [0, 0.1) is 11.8 Å². The highest BCUT2D eigenvalue weighted by Gasteiger charge is 2.30. The number of carbonyl (C=O) groups is 4. The first kappa shape index (κ1) is 28.5. The van der Waals surface area contributed by atoms with E-state index in [9.17, 15) is 19.2 Å². The highest BCUT2D eigenvalue weighted by molar-refractivity contribution is 5.84. The van der Waals surface area contributed by atoms with Gasteiger partial charge in [0.2, 0.25) is 0 Å². The van der Waals surface area contributed by atoms with Gasteiger partial charge in [-0.3, -0.25) is 4.90 Å². The van der Waals surface area contributed by atoms with E-state index in [0.29, 0.717) is 39.3 Å². The lowest BCUT2D eigenvalue weighted by Gasteiger charge is -2.35. The van der Waals surface area contributed by atoms with Crippen LogP contribution in [0.2, 0.25) is 0 Å². The molecular weight excluding hydrogens is 430 g/mol. The number of hydrogen-bond acceptors (Lipinski definition) is 7. The van der Waals surface area contributed by atoms with Crippen LogP contribution in [-0.4, -0.2) is 99.4 Å². The zero-order valence-electron chi connectivity index (χ0n) is 20.8. The van der Waals surface area contributed by atoms with Crippen LogP contribution in [-0.2, 0) is 19.1 Å². The Hall–Kier alpha value is -2.56. The lowest BCUT2D eigenvalue weighted by molar-refractivity contribution is -0.145. The maximum absolute atomic E-state index is 12.6. The number of esters is 2. The van der Waals surface area contributed by atoms with Crippen molar-refractivity contribution >= 4 is 24.0 Å². The Bertz CT molecular complexity index is 650. The summed E-state index contributed by atoms with van der Waals surface area (Å²) in [6.45, 7) is 11.1. The van der Waals surface area contributed by atoms with E-state index in [-0.39, 0.29) is 17.9 Å². The van der Waals surface area contributed by atoms with Crippen LogP contribution in [0.15, 0.2) is 0 Å². The third-order valence-corrected chi connectivity index (χ3v) is 6.27. The molecule has 0 unspecified atom stereocenters. The van der Waals surface area contributed by atoms with Gasteiger partial charge in [0.25, 0.3) is 0 Å². The van der Waals surface area contributed by atoms with Gasteiger partial charge in [0.05, 0.1) is 14.2 Å². The molecule has 0 radical (unpaired) electrons. The van der Waals surface area contributed by atoms with Crippen molar-refractivity contribution in [2.45, 2.75) is 52.6 Å². The molecule has 33 heavy (non-hydrogen) atoms. The summed E-state index contributed by atoms with van der Waals surface area (Å²) in [7, 11) is 2.62. The summed E-state index contributed by atoms with van der Waals surface area (Å²) in [4.78, 5) is 52.5. The SMILES string of the molecule is CC[C@@H](C)[C@H](NC(=O)NCCN1CCN(C(=O)N[C@H](C(=O)OC)[C@@H](C)CC)CC1)C(=O)OC. The molecule has 0 spiro atoms. The number of nitrogens with one attached hydrogen (secondary N) is 3. The van der Waals surface area contributed by atoms with E-state index in [1.807, 2.05) is 27.7 Å². The Balaban J connectivity index is 2.42. The molecule has 11 nitrogen and oxygen atoms in total. The van der Waals surface area contributed by atoms with Crippen LogP contribution in [0.5, 0.6) is 0 Å². The number of rotatable bonds is 11. The maximum Gasteiger partial charge on any atom is 0.328 e. The summed E-state index contributed by atoms with van der Waals surface area (Å²) in [5, 5.41) is 8.25. The van der Waals surface area contributed by atoms with E-state index >= 15 is 0 Å². The Morgan fingerprint density at radius 3 is 1.76 bits per heavy atom. The third kappa shape index (κ3) is 9.07. The van der Waals surface area contributed by atoms with Gasteiger partial charge in [-0.25, -0.2) is 19.2 Å². The van der Waals surface area contributed by atoms with Crippen LogP contribution in [0.25, 0.3) is 0 Å². The number of methoxy groups -OCH3 is 2. The van der Waals surface area contributed by atoms with Crippen LogP contribution >= 0.6 is 0 Å². The van der Waals surface area contributed by atoms with Gasteiger partial charge in [-0.05, 0) is 11.8 Å². The van der Waals surface area contributed by atoms with Gasteiger partial charge in [-0.15, -0.1) is 0 Å². The fourth-order valence-electron chi connectivity index (χ4n) is 3.51. The summed E-state index contributed by atoms with van der Waals surface area (Å²) in [6.07, 6.45) is 1.47. The normalized spacial score (nSPS) is 17.8. The molecule has 0 aromatic heterocycles. The average Bonchev–Trinajstić information content (AvgIpc) is 2.84. The van der Waals surface area contributed by atoms with E-state index < -0.39 is 30.1 Å². The predicted octanol–water partition coefficient (Wildman–Crippen LogP) is 0.788. The largest absolute Gasteiger partial charge is 0.467 e. The van der Waals surface area contributed by atoms with Gasteiger partial charge in [0, 0.05) is 39.3 Å². The molecule has 4 atom stereocenters. The number of piperazine rings is 1. The van der Waals surface area contributed by atoms with Crippen molar-refractivity contribution in [3.05, 3.63) is 0 Å². The van der Waals surface area contributed by atoms with E-state index in [1.165, 1.54) is 14.2 Å². The molecule has 1 aliphatic rings. The summed E-state index contributed by atoms with van der Waals surface area (Å²) in [6, 6.07) is -2.05. The molecule has 1 heterocycles. The van der Waals surface area contributed by atoms with Crippen molar-refractivity contribution in [1.29, 1.82) is 0 Å². The molecular formula is C22H41N5O6. The fourth-order valence-corrected chi connectivity index (χ4v) is 3.51.